The summed E-state index contributed by atoms with van der Waals surface area (Å²) in [5, 5.41) is 8.37. The molecule has 6 heteroatoms. The first-order chi connectivity index (χ1) is 14.2. The van der Waals surface area contributed by atoms with Crippen molar-refractivity contribution in [3.8, 4) is 5.69 Å². The predicted molar refractivity (Wildman–Crippen MR) is 116 cm³/mol. The smallest absolute Gasteiger partial charge is 0.263 e. The van der Waals surface area contributed by atoms with Crippen LogP contribution in [0.4, 0.5) is 0 Å². The summed E-state index contributed by atoms with van der Waals surface area (Å²) < 4.78 is 1.85. The molecule has 0 unspecified atom stereocenters. The van der Waals surface area contributed by atoms with E-state index in [1.165, 1.54) is 16.9 Å². The number of para-hydroxylation sites is 1. The van der Waals surface area contributed by atoms with Gasteiger partial charge in [0.2, 0.25) is 0 Å². The van der Waals surface area contributed by atoms with E-state index in [0.29, 0.717) is 11.4 Å². The molecular formula is C23H22N4OS. The second-order valence-electron chi connectivity index (χ2n) is 6.82. The van der Waals surface area contributed by atoms with Crippen molar-refractivity contribution in [2.24, 2.45) is 0 Å². The van der Waals surface area contributed by atoms with Crippen LogP contribution in [-0.2, 0) is 12.8 Å². The zero-order chi connectivity index (χ0) is 20.1. The Bertz CT molecular complexity index is 1090. The summed E-state index contributed by atoms with van der Waals surface area (Å²) in [6.45, 7) is 2.45. The summed E-state index contributed by atoms with van der Waals surface area (Å²) in [4.78, 5) is 17.9. The molecule has 2 heterocycles. The third kappa shape index (κ3) is 4.78. The van der Waals surface area contributed by atoms with Crippen molar-refractivity contribution in [1.82, 2.24) is 20.1 Å². The molecule has 4 aromatic rings. The Balaban J connectivity index is 1.33. The van der Waals surface area contributed by atoms with Crippen molar-refractivity contribution in [2.45, 2.75) is 19.8 Å². The highest BCUT2D eigenvalue weighted by atomic mass is 32.1. The first kappa shape index (κ1) is 19.1. The molecule has 2 aromatic heterocycles. The quantitative estimate of drug-likeness (QED) is 0.504. The number of amides is 1. The normalized spacial score (nSPS) is 10.8. The largest absolute Gasteiger partial charge is 0.351 e. The average molecular weight is 403 g/mol. The molecule has 2 aromatic carbocycles. The Kier molecular flexibility index (Phi) is 5.81. The molecule has 0 atom stereocenters. The van der Waals surface area contributed by atoms with Gasteiger partial charge in [0.1, 0.15) is 4.88 Å². The van der Waals surface area contributed by atoms with E-state index >= 15 is 0 Å². The first-order valence-corrected chi connectivity index (χ1v) is 10.4. The molecule has 29 heavy (non-hydrogen) atoms. The fourth-order valence-corrected chi connectivity index (χ4v) is 4.14. The van der Waals surface area contributed by atoms with Crippen LogP contribution in [0.2, 0.25) is 0 Å². The number of hydrogen-bond donors (Lipinski definition) is 1. The number of carbonyl (C=O) groups is 1. The minimum Gasteiger partial charge on any atom is -0.351 e. The third-order valence-corrected chi connectivity index (χ3v) is 5.76. The highest BCUT2D eigenvalue weighted by Crippen LogP contribution is 2.21. The molecule has 146 valence electrons. The van der Waals surface area contributed by atoms with E-state index < -0.39 is 0 Å². The Labute approximate surface area is 174 Å². The Hall–Kier alpha value is -3.25. The van der Waals surface area contributed by atoms with Crippen LogP contribution in [0.5, 0.6) is 0 Å². The van der Waals surface area contributed by atoms with Gasteiger partial charge in [0.15, 0.2) is 0 Å². The van der Waals surface area contributed by atoms with Gasteiger partial charge in [-0.2, -0.15) is 5.10 Å². The maximum atomic E-state index is 12.6. The summed E-state index contributed by atoms with van der Waals surface area (Å²) in [5.74, 6) is -0.0604. The van der Waals surface area contributed by atoms with Crippen molar-refractivity contribution in [3.05, 3.63) is 99.8 Å². The van der Waals surface area contributed by atoms with Gasteiger partial charge >= 0.3 is 0 Å². The van der Waals surface area contributed by atoms with E-state index in [1.807, 2.05) is 72.5 Å². The van der Waals surface area contributed by atoms with Gasteiger partial charge in [-0.05, 0) is 36.6 Å². The lowest BCUT2D eigenvalue weighted by molar-refractivity contribution is 0.0957. The lowest BCUT2D eigenvalue weighted by Crippen LogP contribution is -2.25. The first-order valence-electron chi connectivity index (χ1n) is 9.56. The summed E-state index contributed by atoms with van der Waals surface area (Å²) in [5.41, 5.74) is 4.09. The lowest BCUT2D eigenvalue weighted by Gasteiger charge is -2.03. The second kappa shape index (κ2) is 8.84. The molecule has 0 radical (unpaired) electrons. The maximum Gasteiger partial charge on any atom is 0.263 e. The fraction of sp³-hybridized carbons (Fsp3) is 0.174. The van der Waals surface area contributed by atoms with E-state index in [1.54, 1.807) is 0 Å². The highest BCUT2D eigenvalue weighted by molar-refractivity contribution is 7.13. The highest BCUT2D eigenvalue weighted by Gasteiger charge is 2.15. The van der Waals surface area contributed by atoms with Gasteiger partial charge in [0.05, 0.1) is 22.6 Å². The minimum absolute atomic E-state index is 0.0604. The second-order valence-corrected chi connectivity index (χ2v) is 7.90. The van der Waals surface area contributed by atoms with Crippen molar-refractivity contribution in [3.63, 3.8) is 0 Å². The number of thiazole rings is 1. The van der Waals surface area contributed by atoms with Crippen LogP contribution in [0.25, 0.3) is 5.69 Å². The molecule has 0 aliphatic heterocycles. The Morgan fingerprint density at radius 2 is 1.76 bits per heavy atom. The third-order valence-electron chi connectivity index (χ3n) is 4.60. The zero-order valence-electron chi connectivity index (χ0n) is 16.2. The van der Waals surface area contributed by atoms with Crippen LogP contribution in [0.15, 0.2) is 73.1 Å². The van der Waals surface area contributed by atoms with Crippen molar-refractivity contribution >= 4 is 17.2 Å². The molecule has 4 rings (SSSR count). The van der Waals surface area contributed by atoms with Crippen LogP contribution in [-0.4, -0.2) is 27.2 Å². The van der Waals surface area contributed by atoms with Crippen molar-refractivity contribution < 1.29 is 4.79 Å². The molecule has 0 saturated heterocycles. The topological polar surface area (TPSA) is 59.8 Å². The molecule has 0 spiro atoms. The van der Waals surface area contributed by atoms with E-state index in [9.17, 15) is 4.79 Å². The van der Waals surface area contributed by atoms with Crippen LogP contribution in [0, 0.1) is 6.92 Å². The minimum atomic E-state index is -0.0604. The number of nitrogens with zero attached hydrogens (tertiary/aromatic N) is 3. The van der Waals surface area contributed by atoms with E-state index in [0.717, 1.165) is 34.8 Å². The van der Waals surface area contributed by atoms with Gasteiger partial charge < -0.3 is 5.32 Å². The van der Waals surface area contributed by atoms with Gasteiger partial charge in [0, 0.05) is 19.2 Å². The Morgan fingerprint density at radius 3 is 2.52 bits per heavy atom. The number of benzene rings is 2. The maximum absolute atomic E-state index is 12.6. The lowest BCUT2D eigenvalue weighted by atomic mass is 10.2. The number of nitrogens with one attached hydrogen (secondary N) is 1. The summed E-state index contributed by atoms with van der Waals surface area (Å²) in [6.07, 6.45) is 5.32. The standard InChI is InChI=1S/C23H22N4OS/c1-17-22(29-21(26-17)14-18-8-4-2-5-9-18)23(28)24-13-12-19-15-25-27(16-19)20-10-6-3-7-11-20/h2-11,15-16H,12-14H2,1H3,(H,24,28). The molecule has 0 saturated carbocycles. The zero-order valence-corrected chi connectivity index (χ0v) is 17.0. The van der Waals surface area contributed by atoms with E-state index in [2.05, 4.69) is 27.5 Å². The summed E-state index contributed by atoms with van der Waals surface area (Å²) in [7, 11) is 0. The van der Waals surface area contributed by atoms with Crippen LogP contribution < -0.4 is 5.32 Å². The number of aromatic nitrogens is 3. The van der Waals surface area contributed by atoms with Gasteiger partial charge in [-0.1, -0.05) is 48.5 Å². The van der Waals surface area contributed by atoms with Crippen molar-refractivity contribution in [2.75, 3.05) is 6.54 Å². The van der Waals surface area contributed by atoms with Crippen LogP contribution >= 0.6 is 11.3 Å². The van der Waals surface area contributed by atoms with Gasteiger partial charge in [0.25, 0.3) is 5.91 Å². The molecule has 1 N–H and O–H groups in total. The predicted octanol–water partition coefficient (Wildman–Crippen LogP) is 4.20. The van der Waals surface area contributed by atoms with Gasteiger partial charge in [-0.15, -0.1) is 11.3 Å². The van der Waals surface area contributed by atoms with Crippen LogP contribution in [0.1, 0.15) is 31.5 Å². The number of hydrogen-bond acceptors (Lipinski definition) is 4. The molecule has 0 aliphatic carbocycles. The monoisotopic (exact) mass is 402 g/mol. The SMILES string of the molecule is Cc1nc(Cc2ccccc2)sc1C(=O)NCCc1cnn(-c2ccccc2)c1. The van der Waals surface area contributed by atoms with Gasteiger partial charge in [-0.3, -0.25) is 4.79 Å². The number of carbonyl (C=O) groups excluding carboxylic acids is 1. The molecule has 0 aliphatic rings. The average Bonchev–Trinajstić information content (AvgIpc) is 3.36. The van der Waals surface area contributed by atoms with E-state index in [4.69, 9.17) is 0 Å². The molecule has 1 amide bonds. The summed E-state index contributed by atoms with van der Waals surface area (Å²) >= 11 is 1.47. The van der Waals surface area contributed by atoms with Crippen molar-refractivity contribution in [1.29, 1.82) is 0 Å². The molecule has 5 nitrogen and oxygen atoms in total. The fourth-order valence-electron chi connectivity index (χ4n) is 3.12. The van der Waals surface area contributed by atoms with E-state index in [-0.39, 0.29) is 5.91 Å². The van der Waals surface area contributed by atoms with Crippen LogP contribution in [0.3, 0.4) is 0 Å². The summed E-state index contributed by atoms with van der Waals surface area (Å²) in [6, 6.07) is 20.2. The molecule has 0 fully saturated rings. The van der Waals surface area contributed by atoms with Gasteiger partial charge in [-0.25, -0.2) is 9.67 Å². The Morgan fingerprint density at radius 1 is 1.03 bits per heavy atom. The molecule has 0 bridgehead atoms. The number of rotatable bonds is 7. The number of aryl methyl sites for hydroxylation is 1. The molecular weight excluding hydrogens is 380 g/mol.